The predicted molar refractivity (Wildman–Crippen MR) is 128 cm³/mol. The second kappa shape index (κ2) is 12.0. The predicted octanol–water partition coefficient (Wildman–Crippen LogP) is 3.04. The summed E-state index contributed by atoms with van der Waals surface area (Å²) in [5, 5.41) is 21.3. The van der Waals surface area contributed by atoms with E-state index in [0.717, 1.165) is 23.4 Å². The Morgan fingerprint density at radius 3 is 2.66 bits per heavy atom. The number of halogens is 1. The molecule has 0 aliphatic carbocycles. The van der Waals surface area contributed by atoms with Crippen LogP contribution in [0.4, 0.5) is 0 Å². The molecule has 3 N–H and O–H groups in total. The Morgan fingerprint density at radius 2 is 2.03 bits per heavy atom. The average molecular weight is 515 g/mol. The summed E-state index contributed by atoms with van der Waals surface area (Å²) in [6, 6.07) is 7.95. The van der Waals surface area contributed by atoms with E-state index >= 15 is 0 Å². The highest BCUT2D eigenvalue weighted by Gasteiger charge is 2.25. The summed E-state index contributed by atoms with van der Waals surface area (Å²) in [6.45, 7) is 10.2. The van der Waals surface area contributed by atoms with Crippen LogP contribution >= 0.6 is 24.0 Å². The fraction of sp³-hybridized carbons (Fsp3) is 0.524. The van der Waals surface area contributed by atoms with Crippen molar-refractivity contribution in [2.75, 3.05) is 19.7 Å². The highest BCUT2D eigenvalue weighted by molar-refractivity contribution is 14.0. The third kappa shape index (κ3) is 8.22. The number of aryl methyl sites for hydroxylation is 1. The number of nitrogens with one attached hydrogen (secondary N) is 2. The molecule has 1 atom stereocenters. The fourth-order valence-electron chi connectivity index (χ4n) is 2.59. The maximum Gasteiger partial charge on any atom is 0.191 e. The van der Waals surface area contributed by atoms with Crippen LogP contribution in [0.1, 0.15) is 38.8 Å². The monoisotopic (exact) mass is 515 g/mol. The van der Waals surface area contributed by atoms with Gasteiger partial charge in [-0.05, 0) is 25.8 Å². The van der Waals surface area contributed by atoms with E-state index in [0.29, 0.717) is 31.6 Å². The minimum Gasteiger partial charge on any atom is -0.493 e. The van der Waals surface area contributed by atoms with Gasteiger partial charge in [0, 0.05) is 30.9 Å². The number of para-hydroxylation sites is 1. The van der Waals surface area contributed by atoms with E-state index in [1.165, 1.54) is 0 Å². The quantitative estimate of drug-likeness (QED) is 0.272. The van der Waals surface area contributed by atoms with Gasteiger partial charge in [0.1, 0.15) is 11.4 Å². The lowest BCUT2D eigenvalue weighted by Crippen LogP contribution is -2.44. The van der Waals surface area contributed by atoms with Crippen molar-refractivity contribution in [3.63, 3.8) is 0 Å². The van der Waals surface area contributed by atoms with E-state index in [1.807, 2.05) is 44.4 Å². The van der Waals surface area contributed by atoms with Crippen molar-refractivity contribution < 1.29 is 9.84 Å². The van der Waals surface area contributed by atoms with Crippen LogP contribution in [0.15, 0.2) is 41.7 Å². The molecule has 0 aliphatic rings. The van der Waals surface area contributed by atoms with Crippen LogP contribution in [0.3, 0.4) is 0 Å². The average Bonchev–Trinajstić information content (AvgIpc) is 3.10. The summed E-state index contributed by atoms with van der Waals surface area (Å²) < 4.78 is 7.58. The Kier molecular flexibility index (Phi) is 10.5. The van der Waals surface area contributed by atoms with Gasteiger partial charge in [0.15, 0.2) is 5.96 Å². The van der Waals surface area contributed by atoms with Crippen molar-refractivity contribution in [2.24, 2.45) is 18.0 Å². The van der Waals surface area contributed by atoms with Gasteiger partial charge in [0.05, 0.1) is 25.9 Å². The largest absolute Gasteiger partial charge is 0.493 e. The molecule has 0 saturated heterocycles. The maximum absolute atomic E-state index is 10.7. The molecule has 162 valence electrons. The zero-order chi connectivity index (χ0) is 20.6. The summed E-state index contributed by atoms with van der Waals surface area (Å²) in [4.78, 5) is 4.66. The highest BCUT2D eigenvalue weighted by atomic mass is 127. The number of hydrogen-bond donors (Lipinski definition) is 3. The molecule has 0 radical (unpaired) electrons. The molecule has 0 bridgehead atoms. The van der Waals surface area contributed by atoms with E-state index in [2.05, 4.69) is 34.6 Å². The third-order valence-electron chi connectivity index (χ3n) is 4.22. The van der Waals surface area contributed by atoms with E-state index in [1.54, 1.807) is 17.8 Å². The van der Waals surface area contributed by atoms with Gasteiger partial charge < -0.3 is 20.5 Å². The minimum atomic E-state index is -1.05. The molecule has 29 heavy (non-hydrogen) atoms. The number of benzene rings is 1. The Morgan fingerprint density at radius 1 is 1.31 bits per heavy atom. The van der Waals surface area contributed by atoms with E-state index < -0.39 is 5.60 Å². The van der Waals surface area contributed by atoms with Crippen molar-refractivity contribution in [1.29, 1.82) is 0 Å². The van der Waals surface area contributed by atoms with Gasteiger partial charge in [-0.15, -0.1) is 24.0 Å². The first kappa shape index (κ1) is 25.2. The molecule has 1 unspecified atom stereocenters. The summed E-state index contributed by atoms with van der Waals surface area (Å²) in [5.74, 6) is 1.97. The maximum atomic E-state index is 10.7. The zero-order valence-corrected chi connectivity index (χ0v) is 20.3. The number of rotatable bonds is 9. The first-order valence-electron chi connectivity index (χ1n) is 9.76. The van der Waals surface area contributed by atoms with E-state index in [9.17, 15) is 5.11 Å². The Balaban J connectivity index is 0.00000420. The van der Waals surface area contributed by atoms with Crippen LogP contribution in [0.25, 0.3) is 0 Å². The van der Waals surface area contributed by atoms with Gasteiger partial charge in [-0.3, -0.25) is 4.68 Å². The normalized spacial score (nSPS) is 13.6. The van der Waals surface area contributed by atoms with Gasteiger partial charge in [0.25, 0.3) is 0 Å². The molecule has 0 aliphatic heterocycles. The molecule has 2 aromatic rings. The molecule has 0 amide bonds. The van der Waals surface area contributed by atoms with Crippen LogP contribution in [0, 0.1) is 5.92 Å². The summed E-state index contributed by atoms with van der Waals surface area (Å²) in [7, 11) is 1.83. The molecule has 7 nitrogen and oxygen atoms in total. The number of guanidine groups is 1. The Bertz CT molecular complexity index is 774. The molecule has 1 aromatic heterocycles. The zero-order valence-electron chi connectivity index (χ0n) is 18.0. The molecular weight excluding hydrogens is 481 g/mol. The number of aliphatic imine (C=N–C) groups is 1. The smallest absolute Gasteiger partial charge is 0.191 e. The third-order valence-corrected chi connectivity index (χ3v) is 4.22. The molecule has 8 heteroatoms. The minimum absolute atomic E-state index is 0. The van der Waals surface area contributed by atoms with Gasteiger partial charge in [-0.2, -0.15) is 5.10 Å². The Labute approximate surface area is 191 Å². The molecular formula is C21H34IN5O2. The molecule has 0 spiro atoms. The van der Waals surface area contributed by atoms with Crippen LogP contribution in [-0.4, -0.2) is 40.5 Å². The van der Waals surface area contributed by atoms with Crippen LogP contribution < -0.4 is 15.4 Å². The van der Waals surface area contributed by atoms with Gasteiger partial charge in [-0.25, -0.2) is 4.99 Å². The lowest BCUT2D eigenvalue weighted by molar-refractivity contribution is 0.0616. The van der Waals surface area contributed by atoms with E-state index in [4.69, 9.17) is 4.74 Å². The van der Waals surface area contributed by atoms with Crippen molar-refractivity contribution >= 4 is 29.9 Å². The summed E-state index contributed by atoms with van der Waals surface area (Å²) in [5.41, 5.74) is 0.730. The standard InChI is InChI=1S/C21H33N5O2.HI/c1-6-22-20(24-15-21(4,27)18-12-25-26(5)13-18)23-11-17-9-7-8-10-19(17)28-14-16(2)3;/h7-10,12-13,16,27H,6,11,14-15H2,1-5H3,(H2,22,23,24);1H. The lowest BCUT2D eigenvalue weighted by atomic mass is 10.00. The second-order valence-corrected chi connectivity index (χ2v) is 7.54. The van der Waals surface area contributed by atoms with Crippen LogP contribution in [0.2, 0.25) is 0 Å². The SMILES string of the molecule is CCNC(=NCc1ccccc1OCC(C)C)NCC(C)(O)c1cnn(C)c1.I. The molecule has 0 saturated carbocycles. The number of ether oxygens (including phenoxy) is 1. The van der Waals surface area contributed by atoms with Crippen molar-refractivity contribution in [3.05, 3.63) is 47.8 Å². The van der Waals surface area contributed by atoms with Crippen molar-refractivity contribution in [1.82, 2.24) is 20.4 Å². The first-order valence-corrected chi connectivity index (χ1v) is 9.76. The lowest BCUT2D eigenvalue weighted by Gasteiger charge is -2.23. The molecule has 1 heterocycles. The van der Waals surface area contributed by atoms with Crippen LogP contribution in [-0.2, 0) is 19.2 Å². The number of nitrogens with zero attached hydrogens (tertiary/aromatic N) is 3. The van der Waals surface area contributed by atoms with Crippen LogP contribution in [0.5, 0.6) is 5.75 Å². The molecule has 1 aromatic carbocycles. The van der Waals surface area contributed by atoms with E-state index in [-0.39, 0.29) is 24.0 Å². The van der Waals surface area contributed by atoms with Gasteiger partial charge in [0.2, 0.25) is 0 Å². The fourth-order valence-corrected chi connectivity index (χ4v) is 2.59. The first-order chi connectivity index (χ1) is 13.3. The number of aromatic nitrogens is 2. The highest BCUT2D eigenvalue weighted by Crippen LogP contribution is 2.20. The number of aliphatic hydroxyl groups is 1. The molecule has 2 rings (SSSR count). The van der Waals surface area contributed by atoms with Crippen molar-refractivity contribution in [3.8, 4) is 5.75 Å². The Hall–Kier alpha value is -1.81. The topological polar surface area (TPSA) is 83.7 Å². The van der Waals surface area contributed by atoms with Gasteiger partial charge >= 0.3 is 0 Å². The van der Waals surface area contributed by atoms with Crippen molar-refractivity contribution in [2.45, 2.75) is 39.8 Å². The molecule has 0 fully saturated rings. The summed E-state index contributed by atoms with van der Waals surface area (Å²) in [6.07, 6.45) is 3.49. The van der Waals surface area contributed by atoms with Gasteiger partial charge in [-0.1, -0.05) is 32.0 Å². The summed E-state index contributed by atoms with van der Waals surface area (Å²) >= 11 is 0. The number of hydrogen-bond acceptors (Lipinski definition) is 4. The second-order valence-electron chi connectivity index (χ2n) is 7.54.